The summed E-state index contributed by atoms with van der Waals surface area (Å²) in [5.74, 6) is -0.730. The van der Waals surface area contributed by atoms with E-state index in [0.717, 1.165) is 16.7 Å². The second kappa shape index (κ2) is 13.1. The van der Waals surface area contributed by atoms with Gasteiger partial charge in [0.15, 0.2) is 11.9 Å². The summed E-state index contributed by atoms with van der Waals surface area (Å²) in [5, 5.41) is 32.3. The molecule has 1 aromatic heterocycles. The number of esters is 1. The summed E-state index contributed by atoms with van der Waals surface area (Å²) in [4.78, 5) is 17.0. The molecule has 0 saturated carbocycles. The largest absolute Gasteiger partial charge is 0.464 e. The van der Waals surface area contributed by atoms with Crippen LogP contribution in [0.5, 0.6) is 0 Å². The minimum atomic E-state index is -1.44. The molecular formula is C33H33N3O6. The second-order valence-corrected chi connectivity index (χ2v) is 10.4. The third-order valence-corrected chi connectivity index (χ3v) is 7.59. The highest BCUT2D eigenvalue weighted by Crippen LogP contribution is 2.41. The molecule has 216 valence electrons. The summed E-state index contributed by atoms with van der Waals surface area (Å²) < 4.78 is 19.6. The average molecular weight is 568 g/mol. The van der Waals surface area contributed by atoms with Gasteiger partial charge in [-0.25, -0.2) is 9.78 Å². The number of carbonyl (C=O) groups excluding carboxylic acids is 1. The number of methoxy groups -OCH3 is 1. The van der Waals surface area contributed by atoms with Gasteiger partial charge in [-0.1, -0.05) is 91.0 Å². The van der Waals surface area contributed by atoms with E-state index >= 15 is 0 Å². The highest BCUT2D eigenvalue weighted by atomic mass is 16.6. The highest BCUT2D eigenvalue weighted by Gasteiger charge is 2.55. The zero-order valence-electron chi connectivity index (χ0n) is 23.2. The zero-order valence-corrected chi connectivity index (χ0v) is 23.2. The third kappa shape index (κ3) is 6.12. The van der Waals surface area contributed by atoms with Gasteiger partial charge in [-0.15, -0.1) is 0 Å². The molecular weight excluding hydrogens is 534 g/mol. The van der Waals surface area contributed by atoms with E-state index in [1.54, 1.807) is 0 Å². The summed E-state index contributed by atoms with van der Waals surface area (Å²) in [5.41, 5.74) is 1.90. The molecule has 2 heterocycles. The standard InChI is InChI=1S/C33H33N3O6/c1-40-32(39)27-26(17-18-34)35-22-36(27)31-29(38)28(37)30(42-31)33(19-23-11-5-2-6-12-23,20-24-13-7-3-8-14-24)41-21-25-15-9-4-10-16-25/h2-16,22,28-31,37-38H,17,19-21H2,1H3/t28-,29-,30-,31+/m0/s1. The van der Waals surface area contributed by atoms with Crippen LogP contribution in [0.25, 0.3) is 0 Å². The summed E-state index contributed by atoms with van der Waals surface area (Å²) >= 11 is 0. The van der Waals surface area contributed by atoms with Crippen LogP contribution >= 0.6 is 0 Å². The molecule has 4 aromatic rings. The fourth-order valence-corrected chi connectivity index (χ4v) is 5.57. The smallest absolute Gasteiger partial charge is 0.356 e. The number of rotatable bonds is 11. The minimum absolute atomic E-state index is 0.0159. The number of imidazole rings is 1. The lowest BCUT2D eigenvalue weighted by molar-refractivity contribution is -0.175. The molecule has 2 N–H and O–H groups in total. The lowest BCUT2D eigenvalue weighted by Crippen LogP contribution is -2.54. The number of benzene rings is 3. The van der Waals surface area contributed by atoms with E-state index in [9.17, 15) is 20.3 Å². The Morgan fingerprint density at radius 3 is 2.00 bits per heavy atom. The minimum Gasteiger partial charge on any atom is -0.464 e. The lowest BCUT2D eigenvalue weighted by atomic mass is 9.80. The van der Waals surface area contributed by atoms with E-state index < -0.39 is 36.1 Å². The Morgan fingerprint density at radius 2 is 1.48 bits per heavy atom. The number of carbonyl (C=O) groups is 1. The van der Waals surface area contributed by atoms with Gasteiger partial charge in [-0.05, 0) is 16.7 Å². The molecule has 1 aliphatic heterocycles. The first kappa shape index (κ1) is 29.2. The molecule has 3 aromatic carbocycles. The number of nitrogens with zero attached hydrogens (tertiary/aromatic N) is 3. The Hall–Kier alpha value is -4.33. The molecule has 0 radical (unpaired) electrons. The molecule has 9 nitrogen and oxygen atoms in total. The first-order valence-electron chi connectivity index (χ1n) is 13.7. The van der Waals surface area contributed by atoms with Gasteiger partial charge in [0.1, 0.15) is 23.9 Å². The monoisotopic (exact) mass is 567 g/mol. The van der Waals surface area contributed by atoms with Crippen LogP contribution in [0, 0.1) is 11.3 Å². The maximum Gasteiger partial charge on any atom is 0.356 e. The zero-order chi connectivity index (χ0) is 29.5. The Morgan fingerprint density at radius 1 is 0.929 bits per heavy atom. The molecule has 0 aliphatic carbocycles. The van der Waals surface area contributed by atoms with Crippen molar-refractivity contribution < 1.29 is 29.2 Å². The van der Waals surface area contributed by atoms with Crippen molar-refractivity contribution in [3.8, 4) is 6.07 Å². The number of aliphatic hydroxyl groups excluding tert-OH is 2. The molecule has 9 heteroatoms. The Labute approximate surface area is 244 Å². The van der Waals surface area contributed by atoms with E-state index in [0.29, 0.717) is 12.8 Å². The number of nitriles is 1. The Balaban J connectivity index is 1.59. The molecule has 0 unspecified atom stereocenters. The van der Waals surface area contributed by atoms with E-state index in [1.807, 2.05) is 97.1 Å². The van der Waals surface area contributed by atoms with Crippen molar-refractivity contribution in [2.24, 2.45) is 0 Å². The Kier molecular flexibility index (Phi) is 9.10. The van der Waals surface area contributed by atoms with Crippen molar-refractivity contribution in [2.75, 3.05) is 7.11 Å². The van der Waals surface area contributed by atoms with E-state index in [-0.39, 0.29) is 24.4 Å². The van der Waals surface area contributed by atoms with Crippen molar-refractivity contribution in [1.82, 2.24) is 9.55 Å². The predicted octanol–water partition coefficient (Wildman–Crippen LogP) is 3.80. The summed E-state index contributed by atoms with van der Waals surface area (Å²) in [6.07, 6.45) is -3.12. The van der Waals surface area contributed by atoms with Gasteiger partial charge in [-0.2, -0.15) is 5.26 Å². The van der Waals surface area contributed by atoms with Crippen molar-refractivity contribution in [1.29, 1.82) is 5.26 Å². The summed E-state index contributed by atoms with van der Waals surface area (Å²) in [6, 6.07) is 31.3. The SMILES string of the molecule is COC(=O)c1c(CC#N)ncn1[C@@H]1O[C@H](C(Cc2ccccc2)(Cc2ccccc2)OCc2ccccc2)[C@@H](O)[C@@H]1O. The first-order valence-corrected chi connectivity index (χ1v) is 13.7. The molecule has 1 aliphatic rings. The predicted molar refractivity (Wildman–Crippen MR) is 153 cm³/mol. The lowest BCUT2D eigenvalue weighted by Gasteiger charge is -2.40. The van der Waals surface area contributed by atoms with Crippen molar-refractivity contribution >= 4 is 5.97 Å². The van der Waals surface area contributed by atoms with Gasteiger partial charge in [-0.3, -0.25) is 4.57 Å². The van der Waals surface area contributed by atoms with Crippen molar-refractivity contribution in [3.63, 3.8) is 0 Å². The fraction of sp³-hybridized carbons (Fsp3) is 0.303. The molecule has 0 spiro atoms. The molecule has 0 amide bonds. The van der Waals surface area contributed by atoms with Gasteiger partial charge < -0.3 is 24.4 Å². The number of aromatic nitrogens is 2. The summed E-state index contributed by atoms with van der Waals surface area (Å²) in [7, 11) is 1.22. The van der Waals surface area contributed by atoms with Crippen LogP contribution in [0.1, 0.15) is 39.1 Å². The first-order chi connectivity index (χ1) is 20.5. The molecule has 1 fully saturated rings. The highest BCUT2D eigenvalue weighted by molar-refractivity contribution is 5.89. The topological polar surface area (TPSA) is 127 Å². The van der Waals surface area contributed by atoms with E-state index in [4.69, 9.17) is 14.2 Å². The maximum atomic E-state index is 12.7. The molecule has 42 heavy (non-hydrogen) atoms. The number of hydrogen-bond acceptors (Lipinski definition) is 8. The molecule has 5 rings (SSSR count). The van der Waals surface area contributed by atoms with Crippen molar-refractivity contribution in [2.45, 2.75) is 56.0 Å². The van der Waals surface area contributed by atoms with Gasteiger partial charge in [0.2, 0.25) is 0 Å². The second-order valence-electron chi connectivity index (χ2n) is 10.4. The number of hydrogen-bond donors (Lipinski definition) is 2. The Bertz CT molecular complexity index is 1460. The maximum absolute atomic E-state index is 12.7. The number of ether oxygens (including phenoxy) is 3. The van der Waals surface area contributed by atoms with Gasteiger partial charge in [0, 0.05) is 12.8 Å². The normalized spacial score (nSPS) is 20.2. The quantitative estimate of drug-likeness (QED) is 0.262. The van der Waals surface area contributed by atoms with Crippen LogP contribution in [0.15, 0.2) is 97.3 Å². The van der Waals surface area contributed by atoms with Crippen LogP contribution in [0.4, 0.5) is 0 Å². The van der Waals surface area contributed by atoms with Gasteiger partial charge >= 0.3 is 5.97 Å². The van der Waals surface area contributed by atoms with Crippen molar-refractivity contribution in [3.05, 3.63) is 125 Å². The molecule has 0 bridgehead atoms. The van der Waals surface area contributed by atoms with Crippen LogP contribution in [-0.4, -0.2) is 56.8 Å². The third-order valence-electron chi connectivity index (χ3n) is 7.59. The molecule has 4 atom stereocenters. The van der Waals surface area contributed by atoms with Crippen LogP contribution in [0.3, 0.4) is 0 Å². The fourth-order valence-electron chi connectivity index (χ4n) is 5.57. The van der Waals surface area contributed by atoms with Crippen LogP contribution in [0.2, 0.25) is 0 Å². The van der Waals surface area contributed by atoms with Gasteiger partial charge in [0.05, 0.1) is 38.2 Å². The van der Waals surface area contributed by atoms with E-state index in [2.05, 4.69) is 4.98 Å². The molecule has 1 saturated heterocycles. The van der Waals surface area contributed by atoms with Crippen LogP contribution < -0.4 is 0 Å². The van der Waals surface area contributed by atoms with Gasteiger partial charge in [0.25, 0.3) is 0 Å². The van der Waals surface area contributed by atoms with Crippen LogP contribution in [-0.2, 0) is 40.1 Å². The van der Waals surface area contributed by atoms with E-state index in [1.165, 1.54) is 18.0 Å². The number of aliphatic hydroxyl groups is 2. The average Bonchev–Trinajstić information content (AvgIpc) is 3.57. The summed E-state index contributed by atoms with van der Waals surface area (Å²) in [6.45, 7) is 0.235.